The second-order valence-corrected chi connectivity index (χ2v) is 6.23. The van der Waals surface area contributed by atoms with Crippen molar-refractivity contribution >= 4 is 23.1 Å². The summed E-state index contributed by atoms with van der Waals surface area (Å²) in [6, 6.07) is 12.1. The lowest BCUT2D eigenvalue weighted by molar-refractivity contribution is 0.102. The lowest BCUT2D eigenvalue weighted by Gasteiger charge is -2.13. The number of carbonyl (C=O) groups excluding carboxylic acids is 1. The van der Waals surface area contributed by atoms with E-state index in [1.165, 1.54) is 18.5 Å². The third-order valence-corrected chi connectivity index (χ3v) is 3.92. The molecule has 0 spiro atoms. The van der Waals surface area contributed by atoms with E-state index in [2.05, 4.69) is 20.6 Å². The third kappa shape index (κ3) is 4.44. The van der Waals surface area contributed by atoms with Crippen molar-refractivity contribution in [2.45, 2.75) is 19.8 Å². The van der Waals surface area contributed by atoms with E-state index in [9.17, 15) is 13.6 Å². The summed E-state index contributed by atoms with van der Waals surface area (Å²) in [6.07, 6.45) is 1.20. The summed E-state index contributed by atoms with van der Waals surface area (Å²) in [6.45, 7) is 4.07. The highest BCUT2D eigenvalue weighted by Crippen LogP contribution is 2.24. The van der Waals surface area contributed by atoms with Gasteiger partial charge in [-0.05, 0) is 29.7 Å². The van der Waals surface area contributed by atoms with E-state index < -0.39 is 17.5 Å². The molecule has 3 aromatic rings. The van der Waals surface area contributed by atoms with Gasteiger partial charge in [0.2, 0.25) is 0 Å². The van der Waals surface area contributed by atoms with Gasteiger partial charge < -0.3 is 10.6 Å². The molecule has 3 rings (SSSR count). The summed E-state index contributed by atoms with van der Waals surface area (Å²) in [7, 11) is 0. The van der Waals surface area contributed by atoms with Crippen LogP contribution in [0.1, 0.15) is 35.8 Å². The van der Waals surface area contributed by atoms with Gasteiger partial charge in [-0.3, -0.25) is 4.79 Å². The minimum atomic E-state index is -0.759. The predicted molar refractivity (Wildman–Crippen MR) is 100 cm³/mol. The number of hydrogen-bond acceptors (Lipinski definition) is 4. The van der Waals surface area contributed by atoms with Gasteiger partial charge in [-0.1, -0.05) is 32.0 Å². The molecule has 0 fully saturated rings. The summed E-state index contributed by atoms with van der Waals surface area (Å²) in [5.41, 5.74) is 1.88. The molecule has 27 heavy (non-hydrogen) atoms. The maximum Gasteiger partial charge on any atom is 0.274 e. The number of hydrogen-bond donors (Lipinski definition) is 2. The summed E-state index contributed by atoms with van der Waals surface area (Å²) < 4.78 is 26.8. The van der Waals surface area contributed by atoms with Crippen LogP contribution in [0.15, 0.2) is 54.9 Å². The van der Waals surface area contributed by atoms with E-state index in [4.69, 9.17) is 0 Å². The van der Waals surface area contributed by atoms with Crippen LogP contribution >= 0.6 is 0 Å². The van der Waals surface area contributed by atoms with E-state index in [0.717, 1.165) is 17.7 Å². The van der Waals surface area contributed by atoms with Crippen LogP contribution in [0, 0.1) is 11.6 Å². The van der Waals surface area contributed by atoms with Crippen LogP contribution in [0.5, 0.6) is 0 Å². The fourth-order valence-electron chi connectivity index (χ4n) is 2.58. The number of aromatic nitrogens is 2. The van der Waals surface area contributed by atoms with Crippen LogP contribution in [-0.4, -0.2) is 15.9 Å². The van der Waals surface area contributed by atoms with Gasteiger partial charge in [0.05, 0.1) is 5.69 Å². The van der Waals surface area contributed by atoms with Crippen molar-refractivity contribution in [3.8, 4) is 0 Å². The lowest BCUT2D eigenvalue weighted by atomic mass is 10.0. The van der Waals surface area contributed by atoms with Crippen LogP contribution in [0.3, 0.4) is 0 Å². The molecule has 1 amide bonds. The highest BCUT2D eigenvalue weighted by atomic mass is 19.1. The first-order valence-corrected chi connectivity index (χ1v) is 8.38. The molecule has 5 nitrogen and oxygen atoms in total. The highest BCUT2D eigenvalue weighted by molar-refractivity contribution is 6.03. The predicted octanol–water partition coefficient (Wildman–Crippen LogP) is 4.87. The molecule has 7 heteroatoms. The van der Waals surface area contributed by atoms with E-state index in [0.29, 0.717) is 5.69 Å². The number of carbonyl (C=O) groups is 1. The maximum absolute atomic E-state index is 13.8. The van der Waals surface area contributed by atoms with E-state index in [-0.39, 0.29) is 23.1 Å². The fourth-order valence-corrected chi connectivity index (χ4v) is 2.58. The van der Waals surface area contributed by atoms with Crippen molar-refractivity contribution < 1.29 is 13.6 Å². The maximum atomic E-state index is 13.8. The molecule has 1 aromatic heterocycles. The number of amides is 1. The number of rotatable bonds is 5. The number of nitrogens with zero attached hydrogens (tertiary/aromatic N) is 2. The molecule has 0 bridgehead atoms. The quantitative estimate of drug-likeness (QED) is 0.674. The Labute approximate surface area is 155 Å². The molecule has 2 aromatic carbocycles. The minimum Gasteiger partial charge on any atom is -0.338 e. The molecule has 0 unspecified atom stereocenters. The molecule has 0 aliphatic carbocycles. The third-order valence-electron chi connectivity index (χ3n) is 3.92. The Kier molecular flexibility index (Phi) is 5.40. The minimum absolute atomic E-state index is 0.0478. The Morgan fingerprint density at radius 1 is 1.00 bits per heavy atom. The Hall–Kier alpha value is -3.35. The molecular weight excluding hydrogens is 350 g/mol. The Bertz CT molecular complexity index is 976. The molecule has 2 N–H and O–H groups in total. The zero-order valence-corrected chi connectivity index (χ0v) is 14.8. The number of para-hydroxylation sites is 1. The van der Waals surface area contributed by atoms with Gasteiger partial charge in [-0.2, -0.15) is 0 Å². The molecular formula is C20H18F2N4O. The van der Waals surface area contributed by atoms with Crippen molar-refractivity contribution in [3.63, 3.8) is 0 Å². The Morgan fingerprint density at radius 3 is 2.52 bits per heavy atom. The molecule has 138 valence electrons. The Balaban J connectivity index is 1.80. The summed E-state index contributed by atoms with van der Waals surface area (Å²) in [4.78, 5) is 20.5. The van der Waals surface area contributed by atoms with Crippen molar-refractivity contribution in [3.05, 3.63) is 77.8 Å². The van der Waals surface area contributed by atoms with Crippen molar-refractivity contribution in [2.24, 2.45) is 0 Å². The summed E-state index contributed by atoms with van der Waals surface area (Å²) >= 11 is 0. The first-order valence-electron chi connectivity index (χ1n) is 8.38. The van der Waals surface area contributed by atoms with Gasteiger partial charge in [-0.15, -0.1) is 0 Å². The number of benzene rings is 2. The van der Waals surface area contributed by atoms with Crippen molar-refractivity contribution in [1.82, 2.24) is 9.97 Å². The van der Waals surface area contributed by atoms with Gasteiger partial charge >= 0.3 is 0 Å². The topological polar surface area (TPSA) is 66.9 Å². The summed E-state index contributed by atoms with van der Waals surface area (Å²) in [5, 5.41) is 5.55. The van der Waals surface area contributed by atoms with Crippen molar-refractivity contribution in [2.75, 3.05) is 10.6 Å². The molecule has 0 saturated carbocycles. The zero-order valence-electron chi connectivity index (χ0n) is 14.8. The summed E-state index contributed by atoms with van der Waals surface area (Å²) in [5.74, 6) is -1.38. The standard InChI is InChI=1S/C20H18F2N4O/c1-12(2)14-5-3-4-6-16(14)26-20(27)18-10-19(24-11-23-18)25-17-8-7-13(21)9-15(17)22/h3-12H,1-2H3,(H,26,27)(H,23,24,25). The fraction of sp³-hybridized carbons (Fsp3) is 0.150. The smallest absolute Gasteiger partial charge is 0.274 e. The van der Waals surface area contributed by atoms with Crippen LogP contribution in [0.25, 0.3) is 0 Å². The van der Waals surface area contributed by atoms with Crippen LogP contribution in [-0.2, 0) is 0 Å². The highest BCUT2D eigenvalue weighted by Gasteiger charge is 2.13. The Morgan fingerprint density at radius 2 is 1.78 bits per heavy atom. The molecule has 0 aliphatic rings. The van der Waals surface area contributed by atoms with Gasteiger partial charge in [0, 0.05) is 17.8 Å². The number of nitrogens with one attached hydrogen (secondary N) is 2. The van der Waals surface area contributed by atoms with Crippen LogP contribution in [0.2, 0.25) is 0 Å². The zero-order chi connectivity index (χ0) is 19.4. The average Bonchev–Trinajstić information content (AvgIpc) is 2.64. The van der Waals surface area contributed by atoms with E-state index in [1.807, 2.05) is 38.1 Å². The van der Waals surface area contributed by atoms with Gasteiger partial charge in [-0.25, -0.2) is 18.7 Å². The molecule has 0 atom stereocenters. The number of halogens is 2. The van der Waals surface area contributed by atoms with E-state index >= 15 is 0 Å². The number of anilines is 3. The first kappa shape index (κ1) is 18.4. The van der Waals surface area contributed by atoms with Gasteiger partial charge in [0.25, 0.3) is 5.91 Å². The first-order chi connectivity index (χ1) is 12.9. The molecule has 0 aliphatic heterocycles. The van der Waals surface area contributed by atoms with E-state index in [1.54, 1.807) is 0 Å². The average molecular weight is 368 g/mol. The van der Waals surface area contributed by atoms with Crippen LogP contribution in [0.4, 0.5) is 26.0 Å². The molecule has 0 saturated heterocycles. The second kappa shape index (κ2) is 7.90. The van der Waals surface area contributed by atoms with Crippen molar-refractivity contribution in [1.29, 1.82) is 0 Å². The SMILES string of the molecule is CC(C)c1ccccc1NC(=O)c1cc(Nc2ccc(F)cc2F)ncn1. The molecule has 0 radical (unpaired) electrons. The van der Waals surface area contributed by atoms with Gasteiger partial charge in [0.1, 0.15) is 29.5 Å². The molecule has 1 heterocycles. The normalized spacial score (nSPS) is 10.7. The van der Waals surface area contributed by atoms with Crippen LogP contribution < -0.4 is 10.6 Å². The van der Waals surface area contributed by atoms with Gasteiger partial charge in [0.15, 0.2) is 0 Å². The lowest BCUT2D eigenvalue weighted by Crippen LogP contribution is -2.15. The monoisotopic (exact) mass is 368 g/mol. The second-order valence-electron chi connectivity index (χ2n) is 6.23. The largest absolute Gasteiger partial charge is 0.338 e.